The monoisotopic (exact) mass is 255 g/mol. The maximum absolute atomic E-state index is 5.56. The molecule has 0 aromatic carbocycles. The van der Waals surface area contributed by atoms with Crippen molar-refractivity contribution in [2.45, 2.75) is 6.92 Å². The minimum Gasteiger partial charge on any atom is -0.389 e. The van der Waals surface area contributed by atoms with Gasteiger partial charge in [0.05, 0.1) is 0 Å². The van der Waals surface area contributed by atoms with E-state index in [0.717, 1.165) is 23.7 Å². The van der Waals surface area contributed by atoms with Gasteiger partial charge in [0, 0.05) is 18.3 Å². The smallest absolute Gasteiger partial charge is 0.126 e. The lowest BCUT2D eigenvalue weighted by molar-refractivity contribution is 0.699. The van der Waals surface area contributed by atoms with Crippen molar-refractivity contribution in [3.05, 3.63) is 23.9 Å². The Bertz CT molecular complexity index is 355. The number of aromatic nitrogens is 1. The van der Waals surface area contributed by atoms with E-state index in [9.17, 15) is 0 Å². The van der Waals surface area contributed by atoms with Crippen LogP contribution in [0, 0.1) is 5.92 Å². The van der Waals surface area contributed by atoms with Crippen LogP contribution in [0.4, 0.5) is 5.82 Å². The van der Waals surface area contributed by atoms with Crippen LogP contribution in [0.1, 0.15) is 12.5 Å². The van der Waals surface area contributed by atoms with Crippen molar-refractivity contribution in [1.29, 1.82) is 0 Å². The molecule has 0 amide bonds. The summed E-state index contributed by atoms with van der Waals surface area (Å²) in [6.45, 7) is 3.12. The number of pyridine rings is 1. The van der Waals surface area contributed by atoms with Crippen LogP contribution in [0.3, 0.4) is 0 Å². The van der Waals surface area contributed by atoms with E-state index >= 15 is 0 Å². The second-order valence-corrected chi connectivity index (χ2v) is 5.09. The third kappa shape index (κ3) is 4.37. The van der Waals surface area contributed by atoms with Crippen molar-refractivity contribution in [3.63, 3.8) is 0 Å². The number of rotatable bonds is 6. The molecule has 1 unspecified atom stereocenters. The van der Waals surface area contributed by atoms with Crippen LogP contribution < -0.4 is 11.1 Å². The predicted molar refractivity (Wildman–Crippen MR) is 76.2 cm³/mol. The standard InChI is InChI=1S/C11H17N3S2/c1-8(7-16-2)6-14-10-5-9(11(12)15)3-4-13-10/h3-5,8H,6-7H2,1-2H3,(H2,12,15)(H,13,14). The maximum atomic E-state index is 5.56. The number of hydrogen-bond acceptors (Lipinski definition) is 4. The molecule has 0 aliphatic heterocycles. The average molecular weight is 255 g/mol. The normalized spacial score (nSPS) is 12.1. The fourth-order valence-corrected chi connectivity index (χ4v) is 2.12. The molecule has 0 aliphatic carbocycles. The third-order valence-electron chi connectivity index (χ3n) is 2.13. The molecule has 88 valence electrons. The summed E-state index contributed by atoms with van der Waals surface area (Å²) in [6, 6.07) is 3.70. The topological polar surface area (TPSA) is 50.9 Å². The Morgan fingerprint density at radius 2 is 2.44 bits per heavy atom. The molecule has 5 heteroatoms. The zero-order chi connectivity index (χ0) is 12.0. The molecule has 1 heterocycles. The van der Waals surface area contributed by atoms with Gasteiger partial charge in [-0.2, -0.15) is 11.8 Å². The summed E-state index contributed by atoms with van der Waals surface area (Å²) in [5.41, 5.74) is 6.41. The summed E-state index contributed by atoms with van der Waals surface area (Å²) in [6.07, 6.45) is 3.83. The number of thioether (sulfide) groups is 1. The summed E-state index contributed by atoms with van der Waals surface area (Å²) >= 11 is 6.77. The van der Waals surface area contributed by atoms with Gasteiger partial charge in [0.1, 0.15) is 10.8 Å². The zero-order valence-electron chi connectivity index (χ0n) is 9.56. The highest BCUT2D eigenvalue weighted by Crippen LogP contribution is 2.09. The number of nitrogens with two attached hydrogens (primary N) is 1. The lowest BCUT2D eigenvalue weighted by atomic mass is 10.2. The number of nitrogens with one attached hydrogen (secondary N) is 1. The second kappa shape index (κ2) is 6.70. The van der Waals surface area contributed by atoms with Gasteiger partial charge in [0.25, 0.3) is 0 Å². The van der Waals surface area contributed by atoms with Crippen LogP contribution in [0.25, 0.3) is 0 Å². The Morgan fingerprint density at radius 1 is 1.69 bits per heavy atom. The molecule has 0 radical (unpaired) electrons. The highest BCUT2D eigenvalue weighted by atomic mass is 32.2. The van der Waals surface area contributed by atoms with Crippen LogP contribution in [-0.4, -0.2) is 28.5 Å². The van der Waals surface area contributed by atoms with E-state index in [4.69, 9.17) is 18.0 Å². The second-order valence-electron chi connectivity index (χ2n) is 3.74. The van der Waals surface area contributed by atoms with E-state index < -0.39 is 0 Å². The molecule has 3 N–H and O–H groups in total. The van der Waals surface area contributed by atoms with Crippen molar-refractivity contribution in [2.24, 2.45) is 11.7 Å². The first-order valence-electron chi connectivity index (χ1n) is 5.12. The van der Waals surface area contributed by atoms with E-state index in [1.54, 1.807) is 6.20 Å². The van der Waals surface area contributed by atoms with Crippen molar-refractivity contribution < 1.29 is 0 Å². The molecule has 1 aromatic rings. The minimum atomic E-state index is 0.405. The lowest BCUT2D eigenvalue weighted by Gasteiger charge is -2.12. The molecule has 3 nitrogen and oxygen atoms in total. The van der Waals surface area contributed by atoms with E-state index in [2.05, 4.69) is 23.5 Å². The lowest BCUT2D eigenvalue weighted by Crippen LogP contribution is -2.15. The van der Waals surface area contributed by atoms with Gasteiger partial charge in [0.15, 0.2) is 0 Å². The molecule has 16 heavy (non-hydrogen) atoms. The zero-order valence-corrected chi connectivity index (χ0v) is 11.2. The average Bonchev–Trinajstić information content (AvgIpc) is 2.27. The summed E-state index contributed by atoms with van der Waals surface area (Å²) < 4.78 is 0. The van der Waals surface area contributed by atoms with Gasteiger partial charge in [-0.15, -0.1) is 0 Å². The first-order valence-corrected chi connectivity index (χ1v) is 6.92. The Hall–Kier alpha value is -0.810. The van der Waals surface area contributed by atoms with Crippen molar-refractivity contribution in [3.8, 4) is 0 Å². The van der Waals surface area contributed by atoms with Crippen LogP contribution in [0.2, 0.25) is 0 Å². The quantitative estimate of drug-likeness (QED) is 0.763. The largest absolute Gasteiger partial charge is 0.389 e. The number of nitrogens with zero attached hydrogens (tertiary/aromatic N) is 1. The summed E-state index contributed by atoms with van der Waals surface area (Å²) in [7, 11) is 0. The van der Waals surface area contributed by atoms with Crippen LogP contribution in [-0.2, 0) is 0 Å². The molecule has 0 aliphatic rings. The van der Waals surface area contributed by atoms with Crippen molar-refractivity contribution in [2.75, 3.05) is 23.9 Å². The molecule has 0 saturated heterocycles. The molecule has 1 aromatic heterocycles. The molecule has 0 bridgehead atoms. The van der Waals surface area contributed by atoms with Crippen LogP contribution in [0.15, 0.2) is 18.3 Å². The van der Waals surface area contributed by atoms with Crippen molar-refractivity contribution in [1.82, 2.24) is 4.98 Å². The van der Waals surface area contributed by atoms with E-state index in [0.29, 0.717) is 10.9 Å². The maximum Gasteiger partial charge on any atom is 0.126 e. The fourth-order valence-electron chi connectivity index (χ4n) is 1.30. The molecular weight excluding hydrogens is 238 g/mol. The third-order valence-corrected chi connectivity index (χ3v) is 3.27. The van der Waals surface area contributed by atoms with Crippen LogP contribution >= 0.6 is 24.0 Å². The molecule has 1 rings (SSSR count). The number of anilines is 1. The first-order chi connectivity index (χ1) is 7.63. The van der Waals surface area contributed by atoms with Gasteiger partial charge in [0.2, 0.25) is 0 Å². The Balaban J connectivity index is 2.54. The molecule has 1 atom stereocenters. The number of hydrogen-bond donors (Lipinski definition) is 2. The molecule has 0 fully saturated rings. The van der Waals surface area contributed by atoms with Gasteiger partial charge >= 0.3 is 0 Å². The van der Waals surface area contributed by atoms with E-state index in [1.807, 2.05) is 23.9 Å². The van der Waals surface area contributed by atoms with Gasteiger partial charge in [-0.25, -0.2) is 4.98 Å². The van der Waals surface area contributed by atoms with Gasteiger partial charge in [-0.1, -0.05) is 19.1 Å². The Kier molecular flexibility index (Phi) is 5.55. The first kappa shape index (κ1) is 13.3. The highest BCUT2D eigenvalue weighted by molar-refractivity contribution is 7.98. The van der Waals surface area contributed by atoms with Gasteiger partial charge in [-0.3, -0.25) is 0 Å². The summed E-state index contributed by atoms with van der Waals surface area (Å²) in [5.74, 6) is 2.59. The highest BCUT2D eigenvalue weighted by Gasteiger charge is 2.03. The van der Waals surface area contributed by atoms with Gasteiger partial charge < -0.3 is 11.1 Å². The molecular formula is C11H17N3S2. The molecule has 0 spiro atoms. The molecule has 0 saturated carbocycles. The summed E-state index contributed by atoms with van der Waals surface area (Å²) in [4.78, 5) is 4.63. The van der Waals surface area contributed by atoms with E-state index in [-0.39, 0.29) is 0 Å². The Labute approximate surface area is 106 Å². The minimum absolute atomic E-state index is 0.405. The SMILES string of the molecule is CSCC(C)CNc1cc(C(N)=S)ccn1. The van der Waals surface area contributed by atoms with Crippen LogP contribution in [0.5, 0.6) is 0 Å². The van der Waals surface area contributed by atoms with Crippen molar-refractivity contribution >= 4 is 34.8 Å². The van der Waals surface area contributed by atoms with Gasteiger partial charge in [-0.05, 0) is 30.1 Å². The fraction of sp³-hybridized carbons (Fsp3) is 0.455. The number of thiocarbonyl (C=S) groups is 1. The van der Waals surface area contributed by atoms with E-state index in [1.165, 1.54) is 0 Å². The predicted octanol–water partition coefficient (Wildman–Crippen LogP) is 2.13. The Morgan fingerprint density at radius 3 is 3.06 bits per heavy atom. The summed E-state index contributed by atoms with van der Waals surface area (Å²) in [5, 5.41) is 3.28.